The Bertz CT molecular complexity index is 465. The second kappa shape index (κ2) is 4.95. The third-order valence-corrected chi connectivity index (χ3v) is 2.66. The molecule has 1 unspecified atom stereocenters. The molecule has 6 nitrogen and oxygen atoms in total. The van der Waals surface area contributed by atoms with Gasteiger partial charge in [0.1, 0.15) is 17.5 Å². The smallest absolute Gasteiger partial charge is 0.249 e. The molecule has 0 saturated carbocycles. The zero-order valence-corrected chi connectivity index (χ0v) is 10.1. The number of ether oxygens (including phenoxy) is 2. The van der Waals surface area contributed by atoms with Crippen LogP contribution in [0.3, 0.4) is 0 Å². The Balaban J connectivity index is 2.18. The lowest BCUT2D eigenvalue weighted by Gasteiger charge is -2.13. The fourth-order valence-electron chi connectivity index (χ4n) is 1.76. The average Bonchev–Trinajstić information content (AvgIpc) is 2.67. The van der Waals surface area contributed by atoms with Crippen LogP contribution in [0.1, 0.15) is 6.42 Å². The third kappa shape index (κ3) is 2.53. The van der Waals surface area contributed by atoms with E-state index >= 15 is 0 Å². The minimum absolute atomic E-state index is 0.137. The van der Waals surface area contributed by atoms with Crippen molar-refractivity contribution in [1.82, 2.24) is 5.32 Å². The normalized spacial score (nSPS) is 18.4. The number of anilines is 1. The number of carbonyl (C=O) groups is 2. The van der Waals surface area contributed by atoms with Gasteiger partial charge in [0, 0.05) is 23.9 Å². The maximum absolute atomic E-state index is 11.4. The van der Waals surface area contributed by atoms with Gasteiger partial charge in [-0.05, 0) is 0 Å². The summed E-state index contributed by atoms with van der Waals surface area (Å²) in [6.45, 7) is 0. The van der Waals surface area contributed by atoms with Crippen LogP contribution in [-0.4, -0.2) is 32.1 Å². The Morgan fingerprint density at radius 3 is 2.22 bits per heavy atom. The van der Waals surface area contributed by atoms with E-state index in [0.29, 0.717) is 17.2 Å². The summed E-state index contributed by atoms with van der Waals surface area (Å²) in [6.07, 6.45) is 0.137. The number of nitrogens with one attached hydrogen (secondary N) is 2. The number of benzene rings is 1. The predicted octanol–water partition coefficient (Wildman–Crippen LogP) is 0.531. The quantitative estimate of drug-likeness (QED) is 0.762. The molecule has 2 N–H and O–H groups in total. The molecule has 1 aromatic rings. The number of carbonyl (C=O) groups excluding carboxylic acids is 2. The lowest BCUT2D eigenvalue weighted by molar-refractivity contribution is -0.124. The van der Waals surface area contributed by atoms with Gasteiger partial charge in [-0.2, -0.15) is 0 Å². The highest BCUT2D eigenvalue weighted by molar-refractivity contribution is 6.06. The highest BCUT2D eigenvalue weighted by Crippen LogP contribution is 2.26. The van der Waals surface area contributed by atoms with Crippen molar-refractivity contribution < 1.29 is 19.1 Å². The second-order valence-corrected chi connectivity index (χ2v) is 3.91. The van der Waals surface area contributed by atoms with Gasteiger partial charge in [-0.1, -0.05) is 0 Å². The number of hydrogen-bond donors (Lipinski definition) is 2. The van der Waals surface area contributed by atoms with Gasteiger partial charge in [-0.3, -0.25) is 14.9 Å². The Labute approximate surface area is 104 Å². The summed E-state index contributed by atoms with van der Waals surface area (Å²) in [6, 6.07) is 4.65. The van der Waals surface area contributed by atoms with Crippen molar-refractivity contribution in [2.24, 2.45) is 0 Å². The van der Waals surface area contributed by atoms with E-state index in [1.807, 2.05) is 0 Å². The monoisotopic (exact) mass is 250 g/mol. The molecule has 1 fully saturated rings. The summed E-state index contributed by atoms with van der Waals surface area (Å²) in [4.78, 5) is 22.5. The van der Waals surface area contributed by atoms with Crippen LogP contribution in [0.4, 0.5) is 5.69 Å². The van der Waals surface area contributed by atoms with Gasteiger partial charge >= 0.3 is 0 Å². The zero-order valence-electron chi connectivity index (χ0n) is 10.1. The highest BCUT2D eigenvalue weighted by atomic mass is 16.5. The topological polar surface area (TPSA) is 76.7 Å². The molecule has 6 heteroatoms. The van der Waals surface area contributed by atoms with Crippen LogP contribution in [0, 0.1) is 0 Å². The molecule has 0 aliphatic carbocycles. The van der Waals surface area contributed by atoms with Crippen LogP contribution < -0.4 is 20.1 Å². The van der Waals surface area contributed by atoms with E-state index in [9.17, 15) is 9.59 Å². The first-order chi connectivity index (χ1) is 8.62. The minimum Gasteiger partial charge on any atom is -0.497 e. The van der Waals surface area contributed by atoms with Gasteiger partial charge in [0.25, 0.3) is 0 Å². The molecule has 2 rings (SSSR count). The molecule has 1 saturated heterocycles. The average molecular weight is 250 g/mol. The van der Waals surface area contributed by atoms with Crippen LogP contribution in [0.5, 0.6) is 11.5 Å². The van der Waals surface area contributed by atoms with Crippen molar-refractivity contribution in [3.63, 3.8) is 0 Å². The summed E-state index contributed by atoms with van der Waals surface area (Å²) in [5.74, 6) is 0.636. The molecule has 2 amide bonds. The van der Waals surface area contributed by atoms with Gasteiger partial charge in [0.15, 0.2) is 0 Å². The minimum atomic E-state index is -0.547. The zero-order chi connectivity index (χ0) is 13.1. The van der Waals surface area contributed by atoms with E-state index in [-0.39, 0.29) is 18.2 Å². The Morgan fingerprint density at radius 1 is 1.17 bits per heavy atom. The highest BCUT2D eigenvalue weighted by Gasteiger charge is 2.30. The van der Waals surface area contributed by atoms with E-state index < -0.39 is 6.04 Å². The molecule has 1 heterocycles. The lowest BCUT2D eigenvalue weighted by Crippen LogP contribution is -2.30. The SMILES string of the molecule is COc1cc(NC2CC(=O)NC2=O)cc(OC)c1. The summed E-state index contributed by atoms with van der Waals surface area (Å²) in [5, 5.41) is 5.22. The van der Waals surface area contributed by atoms with E-state index in [1.165, 1.54) is 0 Å². The second-order valence-electron chi connectivity index (χ2n) is 3.91. The van der Waals surface area contributed by atoms with Gasteiger partial charge < -0.3 is 14.8 Å². The Kier molecular flexibility index (Phi) is 3.36. The number of rotatable bonds is 4. The van der Waals surface area contributed by atoms with Crippen molar-refractivity contribution >= 4 is 17.5 Å². The molecule has 0 aromatic heterocycles. The summed E-state index contributed by atoms with van der Waals surface area (Å²) >= 11 is 0. The van der Waals surface area contributed by atoms with Crippen molar-refractivity contribution in [1.29, 1.82) is 0 Å². The molecule has 1 aliphatic heterocycles. The molecule has 0 spiro atoms. The molecule has 1 aliphatic rings. The maximum Gasteiger partial charge on any atom is 0.249 e. The van der Waals surface area contributed by atoms with E-state index in [1.54, 1.807) is 32.4 Å². The van der Waals surface area contributed by atoms with Crippen LogP contribution in [-0.2, 0) is 9.59 Å². The first kappa shape index (κ1) is 12.2. The molecule has 0 radical (unpaired) electrons. The van der Waals surface area contributed by atoms with E-state index in [4.69, 9.17) is 9.47 Å². The number of amides is 2. The molecule has 1 aromatic carbocycles. The lowest BCUT2D eigenvalue weighted by atomic mass is 10.2. The number of methoxy groups -OCH3 is 2. The molecule has 18 heavy (non-hydrogen) atoms. The predicted molar refractivity (Wildman–Crippen MR) is 64.7 cm³/mol. The summed E-state index contributed by atoms with van der Waals surface area (Å²) < 4.78 is 10.2. The molecule has 0 bridgehead atoms. The third-order valence-electron chi connectivity index (χ3n) is 2.66. The van der Waals surface area contributed by atoms with Gasteiger partial charge in [-0.15, -0.1) is 0 Å². The van der Waals surface area contributed by atoms with E-state index in [0.717, 1.165) is 0 Å². The molecular formula is C12H14N2O4. The largest absolute Gasteiger partial charge is 0.497 e. The Morgan fingerprint density at radius 2 is 1.78 bits per heavy atom. The standard InChI is InChI=1S/C12H14N2O4/c1-17-8-3-7(4-9(5-8)18-2)13-10-6-11(15)14-12(10)16/h3-5,10,13H,6H2,1-2H3,(H,14,15,16). The van der Waals surface area contributed by atoms with Crippen molar-refractivity contribution in [2.75, 3.05) is 19.5 Å². The summed E-state index contributed by atoms with van der Waals surface area (Å²) in [7, 11) is 3.09. The maximum atomic E-state index is 11.4. The first-order valence-corrected chi connectivity index (χ1v) is 5.45. The van der Waals surface area contributed by atoms with Gasteiger partial charge in [-0.25, -0.2) is 0 Å². The summed E-state index contributed by atoms with van der Waals surface area (Å²) in [5.41, 5.74) is 0.668. The fraction of sp³-hybridized carbons (Fsp3) is 0.333. The molecule has 96 valence electrons. The number of imide groups is 1. The van der Waals surface area contributed by atoms with Gasteiger partial charge in [0.2, 0.25) is 11.8 Å². The Hall–Kier alpha value is -2.24. The molecule has 1 atom stereocenters. The fourth-order valence-corrected chi connectivity index (χ4v) is 1.76. The number of hydrogen-bond acceptors (Lipinski definition) is 5. The van der Waals surface area contributed by atoms with Crippen molar-refractivity contribution in [3.8, 4) is 11.5 Å². The van der Waals surface area contributed by atoms with Crippen molar-refractivity contribution in [3.05, 3.63) is 18.2 Å². The first-order valence-electron chi connectivity index (χ1n) is 5.45. The van der Waals surface area contributed by atoms with Crippen LogP contribution in [0.15, 0.2) is 18.2 Å². The van der Waals surface area contributed by atoms with E-state index in [2.05, 4.69) is 10.6 Å². The van der Waals surface area contributed by atoms with Crippen LogP contribution >= 0.6 is 0 Å². The van der Waals surface area contributed by atoms with Crippen LogP contribution in [0.25, 0.3) is 0 Å². The van der Waals surface area contributed by atoms with Gasteiger partial charge in [0.05, 0.1) is 20.6 Å². The van der Waals surface area contributed by atoms with Crippen molar-refractivity contribution in [2.45, 2.75) is 12.5 Å². The van der Waals surface area contributed by atoms with Crippen LogP contribution in [0.2, 0.25) is 0 Å². The molecular weight excluding hydrogens is 236 g/mol.